The quantitative estimate of drug-likeness (QED) is 0.0115. The number of carbonyl (C=O) groups is 6. The van der Waals surface area contributed by atoms with Gasteiger partial charge in [-0.05, 0) is 78.3 Å². The van der Waals surface area contributed by atoms with Gasteiger partial charge >= 0.3 is 35.8 Å². The number of fused-ring (bicyclic) bond motifs is 3. The first-order chi connectivity index (χ1) is 71.3. The van der Waals surface area contributed by atoms with E-state index in [0.29, 0.717) is 5.56 Å². The van der Waals surface area contributed by atoms with Gasteiger partial charge in [0, 0.05) is 95.8 Å². The van der Waals surface area contributed by atoms with E-state index in [1.165, 1.54) is 158 Å². The third-order valence-corrected chi connectivity index (χ3v) is 26.5. The summed E-state index contributed by atoms with van der Waals surface area (Å²) in [5.74, 6) is -5.75. The molecular formula is C103H121N3O40. The molecule has 9 fully saturated rings. The Hall–Kier alpha value is -10.5. The van der Waals surface area contributed by atoms with Gasteiger partial charge in [0.15, 0.2) is 74.7 Å². The number of nitrogens with zero attached hydrogens (tertiary/aromatic N) is 3. The first-order valence-electron chi connectivity index (χ1n) is 47.5. The highest BCUT2D eigenvalue weighted by atomic mass is 16.8. The standard InChI is InChI=1S/C103H121N3O40/c1-113-48-62-71(78(117-5)84(121-9)98(130-62)141-70-67-54-128-97(129-67)69(105-106-104)77(70)116-4)142-99-85(122-10)79(118-6)72(63(131-99)49-114-2)143-100-86(123-11)80(119-7)73(64(132-100)50-115-3)144-101-87(124-12)81(120-8)74(65(133-101)51-125-90(107)55-34-20-13-21-35-55)145-102-89(139-95(112)60-44-30-18-31-45-60)83(137-93(110)58-40-26-16-27-41-58)76(66(134-102)52-126-91(108)56-36-22-14-23-37-56)146-103-88(138-94(111)59-42-28-17-29-43-59)82(136-92(109)57-38-24-15-25-39-57)75-68(135-103)53-127-96(140-75)61-46-32-19-33-47-61/h13-47,62-89,96-103H,48-54H2,1-12H3/t62-,63-,64?,65?,66-,67?,68+,69?,70+,71-,72-,73+,74+,75-,76-,77+,78?,79?,80+,81+,82?,83?,84?,85?,86?,87?,88?,89?,96?,97+,98-,99-,100+,101+,102-,103-/m1/s1. The smallest absolute Gasteiger partial charge is 0.338 e. The molecule has 9 aliphatic rings. The fourth-order valence-corrected chi connectivity index (χ4v) is 19.5. The summed E-state index contributed by atoms with van der Waals surface area (Å²) in [6, 6.07) is 55.2. The maximum atomic E-state index is 15.6. The zero-order chi connectivity index (χ0) is 102. The number of hydrogen-bond donors (Lipinski definition) is 0. The fourth-order valence-electron chi connectivity index (χ4n) is 19.5. The van der Waals surface area contributed by atoms with E-state index in [2.05, 4.69) is 10.0 Å². The van der Waals surface area contributed by atoms with Crippen molar-refractivity contribution in [1.82, 2.24) is 0 Å². The Morgan fingerprint density at radius 1 is 0.274 bits per heavy atom. The lowest BCUT2D eigenvalue weighted by molar-refractivity contribution is -0.403. The number of esters is 6. The van der Waals surface area contributed by atoms with Crippen LogP contribution in [0.4, 0.5) is 0 Å². The summed E-state index contributed by atoms with van der Waals surface area (Å²) < 4.78 is 223. The van der Waals surface area contributed by atoms with E-state index in [-0.39, 0.29) is 66.4 Å². The largest absolute Gasteiger partial charge is 0.459 e. The molecular weight excluding hydrogens is 1920 g/mol. The number of methoxy groups -OCH3 is 12. The molecule has 43 nitrogen and oxygen atoms in total. The molecule has 16 rings (SSSR count). The second kappa shape index (κ2) is 52.1. The molecule has 9 aliphatic heterocycles. The molecule has 0 radical (unpaired) electrons. The van der Waals surface area contributed by atoms with Crippen LogP contribution in [0.15, 0.2) is 217 Å². The number of hydrogen-bond acceptors (Lipinski definition) is 41. The molecule has 0 aromatic heterocycles. The van der Waals surface area contributed by atoms with Gasteiger partial charge in [-0.3, -0.25) is 0 Å². The van der Waals surface area contributed by atoms with Crippen molar-refractivity contribution < 1.29 is 190 Å². The lowest BCUT2D eigenvalue weighted by Gasteiger charge is -2.52. The molecule has 15 unspecified atom stereocenters. The van der Waals surface area contributed by atoms with Crippen molar-refractivity contribution in [3.63, 3.8) is 0 Å². The third-order valence-electron chi connectivity index (χ3n) is 26.5. The van der Waals surface area contributed by atoms with Crippen LogP contribution < -0.4 is 0 Å². The van der Waals surface area contributed by atoms with Crippen LogP contribution in [0.25, 0.3) is 10.4 Å². The van der Waals surface area contributed by atoms with Crippen LogP contribution in [0, 0.1) is 0 Å². The number of rotatable bonds is 43. The van der Waals surface area contributed by atoms with Gasteiger partial charge in [0.2, 0.25) is 0 Å². The molecule has 9 heterocycles. The molecule has 0 spiro atoms. The Morgan fingerprint density at radius 2 is 0.548 bits per heavy atom. The van der Waals surface area contributed by atoms with Crippen LogP contribution >= 0.6 is 0 Å². The van der Waals surface area contributed by atoms with Gasteiger partial charge in [-0.25, -0.2) is 28.8 Å². The number of azide groups is 1. The van der Waals surface area contributed by atoms with Gasteiger partial charge in [-0.15, -0.1) is 0 Å². The Kier molecular flexibility index (Phi) is 38.7. The topological polar surface area (TPSA) is 465 Å². The summed E-state index contributed by atoms with van der Waals surface area (Å²) in [6.45, 7) is -2.24. The second-order valence-electron chi connectivity index (χ2n) is 35.2. The maximum absolute atomic E-state index is 15.6. The molecule has 146 heavy (non-hydrogen) atoms. The van der Waals surface area contributed by atoms with Crippen LogP contribution in [-0.2, 0) is 161 Å². The average Bonchev–Trinajstić information content (AvgIpc) is 0.935. The molecule has 0 saturated carbocycles. The van der Waals surface area contributed by atoms with Gasteiger partial charge in [-0.2, -0.15) is 0 Å². The summed E-state index contributed by atoms with van der Waals surface area (Å²) in [5.41, 5.74) is 10.3. The van der Waals surface area contributed by atoms with E-state index < -0.39 is 270 Å². The van der Waals surface area contributed by atoms with Crippen molar-refractivity contribution in [3.05, 3.63) is 262 Å². The summed E-state index contributed by atoms with van der Waals surface area (Å²) >= 11 is 0. The SMILES string of the molecule is COCC1O[C@@H](O[C@H]2C(OC)C(OC)[C@@H](O[C@H]3C(OC)C(OC)[C@@H](O[C@H]4C5CO[C@@H](O5)C(N=[N+]=[N-])[C@@H]4OC)O[C@@H]3COC)O[C@@H]2COC)C(OC)[C@@H](OC)[C@H]1O[C@@H]1OC(COC(=O)c2ccccc2)[C@H](O[C@H]2O[C@H](COC(=O)c3ccccc3)[C@@H](O[C@H]3O[C@H]4COC(c5ccccc5)O[C@H]4C(OC(=O)c4ccccc4)C3OC(=O)c3ccccc3)C(OC(=O)c3ccccc3)C2OC(=O)c2ccccc2)[C@H](OC)C1OC. The summed E-state index contributed by atoms with van der Waals surface area (Å²) in [7, 11) is 17.1. The predicted octanol–water partition coefficient (Wildman–Crippen LogP) is 7.89. The summed E-state index contributed by atoms with van der Waals surface area (Å²) in [5, 5.41) is 3.93. The zero-order valence-electron chi connectivity index (χ0n) is 82.1. The van der Waals surface area contributed by atoms with Crippen LogP contribution in [-0.4, -0.2) is 382 Å². The van der Waals surface area contributed by atoms with Crippen LogP contribution in [0.3, 0.4) is 0 Å². The number of benzene rings is 7. The van der Waals surface area contributed by atoms with Crippen LogP contribution in [0.5, 0.6) is 0 Å². The van der Waals surface area contributed by atoms with Crippen LogP contribution in [0.1, 0.15) is 74.0 Å². The summed E-state index contributed by atoms with van der Waals surface area (Å²) in [4.78, 5) is 93.4. The van der Waals surface area contributed by atoms with Gasteiger partial charge in [0.25, 0.3) is 0 Å². The normalized spacial score (nSPS) is 34.8. The maximum Gasteiger partial charge on any atom is 0.338 e. The molecule has 0 aliphatic carbocycles. The minimum Gasteiger partial charge on any atom is -0.459 e. The molecule has 43 heteroatoms. The zero-order valence-corrected chi connectivity index (χ0v) is 82.1. The van der Waals surface area contributed by atoms with Crippen molar-refractivity contribution in [2.24, 2.45) is 5.11 Å². The Bertz CT molecular complexity index is 5320. The molecule has 7 aromatic rings. The summed E-state index contributed by atoms with van der Waals surface area (Å²) in [6.07, 6.45) is -48.1. The molecule has 788 valence electrons. The first-order valence-corrected chi connectivity index (χ1v) is 47.5. The minimum absolute atomic E-state index is 0.0264. The van der Waals surface area contributed by atoms with E-state index in [0.717, 1.165) is 0 Å². The molecule has 2 bridgehead atoms. The minimum atomic E-state index is -2.12. The first kappa shape index (κ1) is 108. The molecule has 7 aromatic carbocycles. The molecule has 0 N–H and O–H groups in total. The van der Waals surface area contributed by atoms with Gasteiger partial charge < -0.3 is 161 Å². The fraction of sp³-hybridized carbons (Fsp3) is 0.534. The lowest BCUT2D eigenvalue weighted by Crippen LogP contribution is -2.70. The Labute approximate surface area is 841 Å². The Balaban J connectivity index is 0.732. The van der Waals surface area contributed by atoms with E-state index in [4.69, 9.17) is 161 Å². The van der Waals surface area contributed by atoms with Crippen molar-refractivity contribution in [1.29, 1.82) is 0 Å². The second-order valence-corrected chi connectivity index (χ2v) is 35.2. The highest BCUT2D eigenvalue weighted by Crippen LogP contribution is 2.46. The predicted molar refractivity (Wildman–Crippen MR) is 498 cm³/mol. The van der Waals surface area contributed by atoms with Gasteiger partial charge in [0.05, 0.1) is 72.5 Å². The third kappa shape index (κ3) is 24.8. The van der Waals surface area contributed by atoms with E-state index in [9.17, 15) is 19.9 Å². The lowest BCUT2D eigenvalue weighted by atomic mass is 9.94. The van der Waals surface area contributed by atoms with Crippen LogP contribution in [0.2, 0.25) is 0 Å². The average molecular weight is 2040 g/mol. The molecule has 9 saturated heterocycles. The highest BCUT2D eigenvalue weighted by Gasteiger charge is 2.64. The van der Waals surface area contributed by atoms with Crippen molar-refractivity contribution in [2.75, 3.05) is 132 Å². The number of ether oxygens (including phenoxy) is 34. The monoisotopic (exact) mass is 2040 g/mol. The van der Waals surface area contributed by atoms with E-state index >= 15 is 14.4 Å². The van der Waals surface area contributed by atoms with Gasteiger partial charge in [0.1, 0.15) is 154 Å². The van der Waals surface area contributed by atoms with Crippen molar-refractivity contribution >= 4 is 35.8 Å². The van der Waals surface area contributed by atoms with E-state index in [1.807, 2.05) is 0 Å². The molecule has 36 atom stereocenters. The number of carbonyl (C=O) groups excluding carboxylic acids is 6. The molecule has 0 amide bonds. The van der Waals surface area contributed by atoms with Crippen molar-refractivity contribution in [3.8, 4) is 0 Å². The van der Waals surface area contributed by atoms with Gasteiger partial charge in [-0.1, -0.05) is 145 Å². The Morgan fingerprint density at radius 3 is 0.877 bits per heavy atom. The van der Waals surface area contributed by atoms with Crippen molar-refractivity contribution in [2.45, 2.75) is 221 Å². The van der Waals surface area contributed by atoms with E-state index in [1.54, 1.807) is 140 Å². The highest BCUT2D eigenvalue weighted by molar-refractivity contribution is 5.92.